The molecule has 1 fully saturated rings. The maximum atomic E-state index is 12.5. The minimum Gasteiger partial charge on any atom is -0.507 e. The fraction of sp³-hybridized carbons (Fsp3) is 0.438. The summed E-state index contributed by atoms with van der Waals surface area (Å²) in [5.41, 5.74) is 0.964. The molecule has 0 aromatic heterocycles. The van der Waals surface area contributed by atoms with Crippen LogP contribution in [0.2, 0.25) is 0 Å². The van der Waals surface area contributed by atoms with E-state index < -0.39 is 11.6 Å². The molecule has 0 unspecified atom stereocenters. The van der Waals surface area contributed by atoms with Crippen LogP contribution in [0.1, 0.15) is 24.0 Å². The lowest BCUT2D eigenvalue weighted by molar-refractivity contribution is -0.182. The Kier molecular flexibility index (Phi) is 4.57. The maximum Gasteiger partial charge on any atom is 0.343 e. The van der Waals surface area contributed by atoms with E-state index in [1.807, 2.05) is 19.1 Å². The number of nitrogens with zero attached hydrogens (tertiary/aromatic N) is 1. The van der Waals surface area contributed by atoms with E-state index in [2.05, 4.69) is 31.9 Å². The molecule has 1 aromatic carbocycles. The fourth-order valence-electron chi connectivity index (χ4n) is 3.13. The van der Waals surface area contributed by atoms with E-state index in [4.69, 9.17) is 9.57 Å². The van der Waals surface area contributed by atoms with Crippen LogP contribution in [0.4, 0.5) is 0 Å². The summed E-state index contributed by atoms with van der Waals surface area (Å²) >= 11 is 6.97. The molecule has 3 rings (SSSR count). The minimum atomic E-state index is -0.939. The number of aliphatic hydroxyl groups excluding tert-OH is 1. The quantitative estimate of drug-likeness (QED) is 0.701. The molecule has 7 heteroatoms. The number of piperidine rings is 1. The first kappa shape index (κ1) is 17.0. The number of aliphatic hydroxyl groups is 1. The average molecular weight is 447 g/mol. The number of carbonyl (C=O) groups is 1. The van der Waals surface area contributed by atoms with Gasteiger partial charge in [-0.15, -0.1) is 0 Å². The van der Waals surface area contributed by atoms with Gasteiger partial charge in [-0.3, -0.25) is 0 Å². The van der Waals surface area contributed by atoms with Gasteiger partial charge in [0.2, 0.25) is 0 Å². The van der Waals surface area contributed by atoms with Crippen molar-refractivity contribution in [1.82, 2.24) is 5.06 Å². The molecular formula is C16H17Br2NO4. The van der Waals surface area contributed by atoms with Gasteiger partial charge >= 0.3 is 5.97 Å². The molecule has 5 nitrogen and oxygen atoms in total. The topological polar surface area (TPSA) is 59.0 Å². The van der Waals surface area contributed by atoms with Crippen LogP contribution in [0.15, 0.2) is 26.8 Å². The number of benzene rings is 1. The smallest absolute Gasteiger partial charge is 0.343 e. The van der Waals surface area contributed by atoms with Crippen LogP contribution >= 0.6 is 31.9 Å². The van der Waals surface area contributed by atoms with Gasteiger partial charge in [-0.25, -0.2) is 4.79 Å². The van der Waals surface area contributed by atoms with Gasteiger partial charge in [0.05, 0.1) is 7.11 Å². The number of hydrogen-bond donors (Lipinski definition) is 1. The fourth-order valence-corrected chi connectivity index (χ4v) is 4.94. The zero-order valence-corrected chi connectivity index (χ0v) is 16.0. The van der Waals surface area contributed by atoms with Crippen molar-refractivity contribution in [1.29, 1.82) is 0 Å². The van der Waals surface area contributed by atoms with Crippen LogP contribution < -0.4 is 0 Å². The lowest BCUT2D eigenvalue weighted by atomic mass is 9.88. The number of rotatable bonds is 2. The molecule has 1 spiro atoms. The summed E-state index contributed by atoms with van der Waals surface area (Å²) in [6.45, 7) is 3.15. The monoisotopic (exact) mass is 445 g/mol. The van der Waals surface area contributed by atoms with Gasteiger partial charge in [0.25, 0.3) is 0 Å². The lowest BCUT2D eigenvalue weighted by Crippen LogP contribution is -2.45. The lowest BCUT2D eigenvalue weighted by Gasteiger charge is -2.36. The number of hydrogen-bond acceptors (Lipinski definition) is 5. The highest BCUT2D eigenvalue weighted by atomic mass is 79.9. The Balaban J connectivity index is 2.04. The molecule has 0 amide bonds. The van der Waals surface area contributed by atoms with E-state index in [0.29, 0.717) is 31.5 Å². The Morgan fingerprint density at radius 3 is 2.35 bits per heavy atom. The zero-order chi connectivity index (χ0) is 16.8. The summed E-state index contributed by atoms with van der Waals surface area (Å²) in [4.78, 5) is 17.7. The van der Waals surface area contributed by atoms with E-state index in [9.17, 15) is 9.90 Å². The maximum absolute atomic E-state index is 12.5. The highest BCUT2D eigenvalue weighted by Gasteiger charge is 2.51. The Morgan fingerprint density at radius 2 is 1.83 bits per heavy atom. The van der Waals surface area contributed by atoms with E-state index >= 15 is 0 Å². The van der Waals surface area contributed by atoms with E-state index in [1.54, 1.807) is 12.2 Å². The van der Waals surface area contributed by atoms with Crippen molar-refractivity contribution in [2.75, 3.05) is 20.2 Å². The highest BCUT2D eigenvalue weighted by Crippen LogP contribution is 2.46. The number of esters is 1. The summed E-state index contributed by atoms with van der Waals surface area (Å²) in [7, 11) is 1.61. The van der Waals surface area contributed by atoms with Crippen LogP contribution in [0.25, 0.3) is 5.57 Å². The van der Waals surface area contributed by atoms with Crippen molar-refractivity contribution < 1.29 is 19.5 Å². The zero-order valence-electron chi connectivity index (χ0n) is 12.9. The van der Waals surface area contributed by atoms with Crippen LogP contribution in [0, 0.1) is 6.92 Å². The van der Waals surface area contributed by atoms with Crippen molar-refractivity contribution >= 4 is 43.4 Å². The summed E-state index contributed by atoms with van der Waals surface area (Å²) in [5.74, 6) is -0.470. The van der Waals surface area contributed by atoms with Crippen molar-refractivity contribution in [2.24, 2.45) is 0 Å². The standard InChI is InChI=1S/C16H17Br2NO4/c1-9-7-10(17)12(11(18)8-9)13-14(20)16(23-15(13)21)3-5-19(22-2)6-4-16/h7-8,20H,3-6H2,1-2H3. The summed E-state index contributed by atoms with van der Waals surface area (Å²) in [6, 6.07) is 3.82. The minimum absolute atomic E-state index is 0.0171. The number of ether oxygens (including phenoxy) is 1. The molecule has 1 N–H and O–H groups in total. The van der Waals surface area contributed by atoms with Crippen molar-refractivity contribution in [3.05, 3.63) is 38.0 Å². The first-order valence-electron chi connectivity index (χ1n) is 7.30. The third kappa shape index (κ3) is 2.84. The van der Waals surface area contributed by atoms with Gasteiger partial charge in [0, 0.05) is 40.4 Å². The van der Waals surface area contributed by atoms with E-state index in [1.165, 1.54) is 0 Å². The Labute approximate surface area is 151 Å². The molecule has 124 valence electrons. The molecule has 0 radical (unpaired) electrons. The summed E-state index contributed by atoms with van der Waals surface area (Å²) < 4.78 is 7.10. The molecule has 2 aliphatic heterocycles. The Bertz CT molecular complexity index is 670. The Morgan fingerprint density at radius 1 is 1.26 bits per heavy atom. The molecule has 2 aliphatic rings. The number of aryl methyl sites for hydroxylation is 1. The SMILES string of the molecule is CON1CCC2(CC1)OC(=O)C(c1c(Br)cc(C)cc1Br)=C2O. The van der Waals surface area contributed by atoms with Gasteiger partial charge in [0.1, 0.15) is 5.57 Å². The van der Waals surface area contributed by atoms with Gasteiger partial charge in [-0.1, -0.05) is 31.9 Å². The van der Waals surface area contributed by atoms with E-state index in [-0.39, 0.29) is 11.3 Å². The van der Waals surface area contributed by atoms with Gasteiger partial charge in [-0.2, -0.15) is 5.06 Å². The highest BCUT2D eigenvalue weighted by molar-refractivity contribution is 9.11. The first-order chi connectivity index (χ1) is 10.9. The molecular weight excluding hydrogens is 430 g/mol. The normalized spacial score (nSPS) is 21.1. The molecule has 1 saturated heterocycles. The predicted molar refractivity (Wildman–Crippen MR) is 92.8 cm³/mol. The van der Waals surface area contributed by atoms with Crippen molar-refractivity contribution in [2.45, 2.75) is 25.4 Å². The summed E-state index contributed by atoms with van der Waals surface area (Å²) in [5, 5.41) is 12.6. The summed E-state index contributed by atoms with van der Waals surface area (Å²) in [6.07, 6.45) is 1.01. The van der Waals surface area contributed by atoms with Crippen molar-refractivity contribution in [3.63, 3.8) is 0 Å². The Hall–Kier alpha value is -0.890. The number of halogens is 2. The van der Waals surface area contributed by atoms with Gasteiger partial charge in [0.15, 0.2) is 11.4 Å². The van der Waals surface area contributed by atoms with E-state index in [0.717, 1.165) is 14.5 Å². The van der Waals surface area contributed by atoms with Crippen LogP contribution in [0.3, 0.4) is 0 Å². The van der Waals surface area contributed by atoms with Gasteiger partial charge < -0.3 is 14.7 Å². The molecule has 1 aromatic rings. The predicted octanol–water partition coefficient (Wildman–Crippen LogP) is 3.74. The first-order valence-corrected chi connectivity index (χ1v) is 8.89. The third-order valence-electron chi connectivity index (χ3n) is 4.39. The van der Waals surface area contributed by atoms with Crippen LogP contribution in [0.5, 0.6) is 0 Å². The second kappa shape index (κ2) is 6.20. The van der Waals surface area contributed by atoms with Crippen LogP contribution in [-0.2, 0) is 14.4 Å². The largest absolute Gasteiger partial charge is 0.507 e. The van der Waals surface area contributed by atoms with Crippen molar-refractivity contribution in [3.8, 4) is 0 Å². The second-order valence-corrected chi connectivity index (χ2v) is 7.53. The van der Waals surface area contributed by atoms with Crippen LogP contribution in [-0.4, -0.2) is 41.9 Å². The molecule has 0 atom stereocenters. The van der Waals surface area contributed by atoms with Gasteiger partial charge in [-0.05, 0) is 24.6 Å². The number of carbonyl (C=O) groups excluding carboxylic acids is 1. The molecule has 0 aliphatic carbocycles. The number of hydroxylamine groups is 2. The average Bonchev–Trinajstić information content (AvgIpc) is 2.72. The molecule has 2 heterocycles. The second-order valence-electron chi connectivity index (χ2n) is 5.82. The molecule has 0 bridgehead atoms. The molecule has 23 heavy (non-hydrogen) atoms. The third-order valence-corrected chi connectivity index (χ3v) is 5.64. The molecule has 0 saturated carbocycles.